The topological polar surface area (TPSA) is 70.8 Å². The molecule has 0 saturated carbocycles. The molecule has 0 spiro atoms. The Bertz CT molecular complexity index is 1180. The van der Waals surface area contributed by atoms with Crippen molar-refractivity contribution in [3.05, 3.63) is 58.9 Å². The van der Waals surface area contributed by atoms with E-state index in [1.807, 2.05) is 21.7 Å². The molecule has 7 heteroatoms. The van der Waals surface area contributed by atoms with Crippen LogP contribution in [-0.4, -0.2) is 50.8 Å². The highest BCUT2D eigenvalue weighted by Crippen LogP contribution is 2.33. The van der Waals surface area contributed by atoms with Gasteiger partial charge in [0.1, 0.15) is 5.82 Å². The second-order valence-corrected chi connectivity index (χ2v) is 8.96. The molecule has 0 bridgehead atoms. The number of amides is 1. The summed E-state index contributed by atoms with van der Waals surface area (Å²) in [6, 6.07) is 8.96. The van der Waals surface area contributed by atoms with Gasteiger partial charge in [0, 0.05) is 48.6 Å². The Kier molecular flexibility index (Phi) is 5.41. The molecule has 5 rings (SSSR count). The first-order valence-corrected chi connectivity index (χ1v) is 11.5. The first-order chi connectivity index (χ1) is 15.5. The molecule has 32 heavy (non-hydrogen) atoms. The maximum atomic E-state index is 13.4. The van der Waals surface area contributed by atoms with E-state index in [0.29, 0.717) is 17.7 Å². The fourth-order valence-electron chi connectivity index (χ4n) is 4.95. The molecule has 2 aliphatic heterocycles. The molecule has 7 nitrogen and oxygen atoms in total. The van der Waals surface area contributed by atoms with E-state index in [-0.39, 0.29) is 17.7 Å². The molecule has 0 radical (unpaired) electrons. The summed E-state index contributed by atoms with van der Waals surface area (Å²) in [7, 11) is 0. The van der Waals surface area contributed by atoms with Crippen molar-refractivity contribution in [2.75, 3.05) is 24.5 Å². The Hall–Kier alpha value is -3.22. The summed E-state index contributed by atoms with van der Waals surface area (Å²) < 4.78 is 1.85. The number of likely N-dealkylation sites (tertiary alicyclic amines) is 1. The molecule has 2 saturated heterocycles. The molecule has 1 aromatic carbocycles. The summed E-state index contributed by atoms with van der Waals surface area (Å²) in [5, 5.41) is 4.82. The molecule has 1 amide bonds. The Balaban J connectivity index is 1.47. The van der Waals surface area contributed by atoms with Gasteiger partial charge in [-0.05, 0) is 58.1 Å². The number of carbonyl (C=O) groups excluding carboxylic acids is 2. The number of Topliss-reactive ketones (excluding diaryl/α,β-unsaturated/α-hetero) is 1. The van der Waals surface area contributed by atoms with Crippen molar-refractivity contribution in [2.45, 2.75) is 52.0 Å². The second kappa shape index (κ2) is 8.37. The number of benzene rings is 1. The number of piperidine rings is 1. The smallest absolute Gasteiger partial charge is 0.254 e. The van der Waals surface area contributed by atoms with Gasteiger partial charge in [-0.2, -0.15) is 5.10 Å². The quantitative estimate of drug-likeness (QED) is 0.579. The minimum absolute atomic E-state index is 0.0366. The van der Waals surface area contributed by atoms with Crippen LogP contribution in [-0.2, 0) is 0 Å². The van der Waals surface area contributed by atoms with Crippen LogP contribution in [0.15, 0.2) is 36.5 Å². The van der Waals surface area contributed by atoms with Gasteiger partial charge in [-0.3, -0.25) is 9.59 Å². The van der Waals surface area contributed by atoms with E-state index in [1.54, 1.807) is 24.3 Å². The van der Waals surface area contributed by atoms with Gasteiger partial charge in [-0.25, -0.2) is 9.50 Å². The zero-order valence-corrected chi connectivity index (χ0v) is 18.8. The Morgan fingerprint density at radius 2 is 1.75 bits per heavy atom. The minimum Gasteiger partial charge on any atom is -0.356 e. The highest BCUT2D eigenvalue weighted by Gasteiger charge is 2.31. The maximum absolute atomic E-state index is 13.4. The Morgan fingerprint density at radius 1 is 1.00 bits per heavy atom. The molecule has 1 atom stereocenters. The SMILES string of the molecule is CC(=O)c1cccc(C(=O)N2CCCC[C@H]2c2cc3nc(N4CCCC4)c(C)cn3n2)c1. The predicted octanol–water partition coefficient (Wildman–Crippen LogP) is 4.21. The number of aryl methyl sites for hydroxylation is 1. The van der Waals surface area contributed by atoms with E-state index in [9.17, 15) is 9.59 Å². The van der Waals surface area contributed by atoms with Crippen molar-refractivity contribution in [2.24, 2.45) is 0 Å². The fraction of sp³-hybridized carbons (Fsp3) is 0.440. The summed E-state index contributed by atoms with van der Waals surface area (Å²) in [6.45, 7) is 6.40. The van der Waals surface area contributed by atoms with E-state index in [0.717, 1.165) is 55.1 Å². The predicted molar refractivity (Wildman–Crippen MR) is 123 cm³/mol. The molecule has 166 valence electrons. The number of ketones is 1. The number of rotatable bonds is 4. The standard InChI is InChI=1S/C25H29N5O2/c1-17-16-30-23(26-24(17)28-11-5-6-12-28)15-21(27-30)22-10-3-4-13-29(22)25(32)20-9-7-8-19(14-20)18(2)31/h7-9,14-16,22H,3-6,10-13H2,1-2H3/t22-/m0/s1. The molecular weight excluding hydrogens is 402 g/mol. The van der Waals surface area contributed by atoms with Crippen LogP contribution in [0.5, 0.6) is 0 Å². The summed E-state index contributed by atoms with van der Waals surface area (Å²) in [5.41, 5.74) is 3.94. The number of fused-ring (bicyclic) bond motifs is 1. The van der Waals surface area contributed by atoms with Crippen LogP contribution < -0.4 is 4.90 Å². The van der Waals surface area contributed by atoms with Gasteiger partial charge in [-0.1, -0.05) is 12.1 Å². The first-order valence-electron chi connectivity index (χ1n) is 11.5. The molecule has 0 unspecified atom stereocenters. The third kappa shape index (κ3) is 3.76. The second-order valence-electron chi connectivity index (χ2n) is 8.96. The fourth-order valence-corrected chi connectivity index (χ4v) is 4.95. The number of anilines is 1. The molecule has 4 heterocycles. The van der Waals surface area contributed by atoms with Gasteiger partial charge in [0.2, 0.25) is 0 Å². The number of hydrogen-bond acceptors (Lipinski definition) is 5. The normalized spacial score (nSPS) is 19.0. The van der Waals surface area contributed by atoms with Crippen LogP contribution in [0.4, 0.5) is 5.82 Å². The number of carbonyl (C=O) groups is 2. The van der Waals surface area contributed by atoms with Gasteiger partial charge < -0.3 is 9.80 Å². The first kappa shape index (κ1) is 20.7. The average Bonchev–Trinajstić information content (AvgIpc) is 3.48. The van der Waals surface area contributed by atoms with Crippen LogP contribution >= 0.6 is 0 Å². The van der Waals surface area contributed by atoms with Crippen molar-refractivity contribution < 1.29 is 9.59 Å². The lowest BCUT2D eigenvalue weighted by Crippen LogP contribution is -2.38. The van der Waals surface area contributed by atoms with E-state index in [4.69, 9.17) is 10.1 Å². The number of hydrogen-bond donors (Lipinski definition) is 0. The molecule has 2 fully saturated rings. The lowest BCUT2D eigenvalue weighted by molar-refractivity contribution is 0.0605. The van der Waals surface area contributed by atoms with E-state index in [2.05, 4.69) is 11.8 Å². The van der Waals surface area contributed by atoms with E-state index < -0.39 is 0 Å². The van der Waals surface area contributed by atoms with E-state index in [1.165, 1.54) is 19.8 Å². The molecule has 0 aliphatic carbocycles. The van der Waals surface area contributed by atoms with Gasteiger partial charge in [0.05, 0.1) is 11.7 Å². The summed E-state index contributed by atoms with van der Waals surface area (Å²) in [6.07, 6.45) is 7.37. The zero-order chi connectivity index (χ0) is 22.2. The molecule has 2 aromatic heterocycles. The number of nitrogens with zero attached hydrogens (tertiary/aromatic N) is 5. The van der Waals surface area contributed by atoms with Crippen molar-refractivity contribution >= 4 is 23.2 Å². The third-order valence-electron chi connectivity index (χ3n) is 6.65. The van der Waals surface area contributed by atoms with Gasteiger partial charge in [-0.15, -0.1) is 0 Å². The molecule has 2 aliphatic rings. The van der Waals surface area contributed by atoms with Crippen LogP contribution in [0.2, 0.25) is 0 Å². The van der Waals surface area contributed by atoms with Crippen LogP contribution in [0.1, 0.15) is 77.0 Å². The minimum atomic E-state index is -0.0884. The third-order valence-corrected chi connectivity index (χ3v) is 6.65. The van der Waals surface area contributed by atoms with Crippen molar-refractivity contribution in [1.82, 2.24) is 19.5 Å². The average molecular weight is 432 g/mol. The van der Waals surface area contributed by atoms with Crippen molar-refractivity contribution in [3.63, 3.8) is 0 Å². The molecular formula is C25H29N5O2. The Morgan fingerprint density at radius 3 is 2.53 bits per heavy atom. The monoisotopic (exact) mass is 431 g/mol. The maximum Gasteiger partial charge on any atom is 0.254 e. The van der Waals surface area contributed by atoms with Crippen LogP contribution in [0.3, 0.4) is 0 Å². The van der Waals surface area contributed by atoms with Gasteiger partial charge >= 0.3 is 0 Å². The largest absolute Gasteiger partial charge is 0.356 e. The number of aromatic nitrogens is 3. The Labute approximate surface area is 188 Å². The summed E-state index contributed by atoms with van der Waals surface area (Å²) >= 11 is 0. The highest BCUT2D eigenvalue weighted by molar-refractivity contribution is 5.99. The van der Waals surface area contributed by atoms with E-state index >= 15 is 0 Å². The van der Waals surface area contributed by atoms with Crippen molar-refractivity contribution in [1.29, 1.82) is 0 Å². The lowest BCUT2D eigenvalue weighted by Gasteiger charge is -2.34. The van der Waals surface area contributed by atoms with Crippen LogP contribution in [0, 0.1) is 6.92 Å². The molecule has 0 N–H and O–H groups in total. The molecule has 3 aromatic rings. The highest BCUT2D eigenvalue weighted by atomic mass is 16.2. The summed E-state index contributed by atoms with van der Waals surface area (Å²) in [5.74, 6) is 0.960. The van der Waals surface area contributed by atoms with Gasteiger partial charge in [0.25, 0.3) is 5.91 Å². The zero-order valence-electron chi connectivity index (χ0n) is 18.8. The van der Waals surface area contributed by atoms with Gasteiger partial charge in [0.15, 0.2) is 11.4 Å². The van der Waals surface area contributed by atoms with Crippen LogP contribution in [0.25, 0.3) is 5.65 Å². The van der Waals surface area contributed by atoms with Crippen molar-refractivity contribution in [3.8, 4) is 0 Å². The lowest BCUT2D eigenvalue weighted by atomic mass is 9.97. The summed E-state index contributed by atoms with van der Waals surface area (Å²) in [4.78, 5) is 34.4.